The Kier molecular flexibility index (Phi) is 6.44. The van der Waals surface area contributed by atoms with Crippen molar-refractivity contribution in [1.29, 1.82) is 0 Å². The Bertz CT molecular complexity index is 1280. The quantitative estimate of drug-likeness (QED) is 0.322. The van der Waals surface area contributed by atoms with Crippen LogP contribution in [-0.4, -0.2) is 28.2 Å². The van der Waals surface area contributed by atoms with Gasteiger partial charge in [0.2, 0.25) is 0 Å². The summed E-state index contributed by atoms with van der Waals surface area (Å²) in [7, 11) is 1.95. The van der Waals surface area contributed by atoms with Crippen molar-refractivity contribution in [2.75, 3.05) is 24.4 Å². The highest BCUT2D eigenvalue weighted by atomic mass is 35.5. The highest BCUT2D eigenvalue weighted by Gasteiger charge is 2.16. The van der Waals surface area contributed by atoms with Gasteiger partial charge in [-0.2, -0.15) is 5.10 Å². The van der Waals surface area contributed by atoms with Crippen LogP contribution in [0.1, 0.15) is 28.1 Å². The van der Waals surface area contributed by atoms with E-state index in [1.807, 2.05) is 55.7 Å². The molecule has 0 aliphatic carbocycles. The third-order valence-electron chi connectivity index (χ3n) is 5.44. The Morgan fingerprint density at radius 3 is 2.72 bits per heavy atom. The number of aromatic nitrogens is 3. The van der Waals surface area contributed by atoms with Crippen molar-refractivity contribution in [2.24, 2.45) is 0 Å². The van der Waals surface area contributed by atoms with Crippen molar-refractivity contribution < 1.29 is 0 Å². The van der Waals surface area contributed by atoms with Crippen molar-refractivity contribution in [3.8, 4) is 0 Å². The molecule has 0 saturated carbocycles. The molecule has 0 fully saturated rings. The maximum absolute atomic E-state index is 6.33. The highest BCUT2D eigenvalue weighted by Crippen LogP contribution is 2.31. The fourth-order valence-corrected chi connectivity index (χ4v) is 4.00. The number of nitrogens with one attached hydrogen (secondary N) is 3. The van der Waals surface area contributed by atoms with Gasteiger partial charge in [0.25, 0.3) is 0 Å². The summed E-state index contributed by atoms with van der Waals surface area (Å²) in [5, 5.41) is 8.36. The molecule has 0 saturated heterocycles. The first-order valence-electron chi connectivity index (χ1n) is 10.5. The van der Waals surface area contributed by atoms with E-state index in [2.05, 4.69) is 51.0 Å². The summed E-state index contributed by atoms with van der Waals surface area (Å²) in [5.41, 5.74) is 15.3. The van der Waals surface area contributed by atoms with Crippen molar-refractivity contribution in [2.45, 2.75) is 20.3 Å². The van der Waals surface area contributed by atoms with Gasteiger partial charge in [0.05, 0.1) is 27.6 Å². The van der Waals surface area contributed by atoms with Gasteiger partial charge in [-0.25, -0.2) is 9.50 Å². The second-order valence-corrected chi connectivity index (χ2v) is 8.21. The molecule has 4 rings (SSSR count). The zero-order chi connectivity index (χ0) is 22.7. The largest absolute Gasteiger partial charge is 0.319 e. The number of aryl methyl sites for hydroxylation is 2. The lowest BCUT2D eigenvalue weighted by molar-refractivity contribution is 0.742. The standard InChI is InChI=1S/C25H27ClN6/c1-16-8-9-24(23(26)12-16)31-30-20-7-5-6-19(13-20)17(2)22-14-21(10-11-27-4)32-25(22)18(3)28-15-29-32/h5-9,12-15,27,30-31H,2,10-11H2,1,3-4H3. The van der Waals surface area contributed by atoms with Crippen LogP contribution in [0.25, 0.3) is 11.1 Å². The number of halogens is 1. The first kappa shape index (κ1) is 21.9. The van der Waals surface area contributed by atoms with Gasteiger partial charge >= 0.3 is 0 Å². The number of likely N-dealkylation sites (N-methyl/N-ethyl adjacent to an activating group) is 1. The van der Waals surface area contributed by atoms with E-state index in [0.29, 0.717) is 5.02 Å². The molecule has 2 aromatic heterocycles. The third kappa shape index (κ3) is 4.47. The fraction of sp³-hybridized carbons (Fsp3) is 0.200. The summed E-state index contributed by atoms with van der Waals surface area (Å²) in [6.07, 6.45) is 2.47. The number of hydrogen-bond donors (Lipinski definition) is 3. The average molecular weight is 447 g/mol. The molecule has 4 aromatic rings. The maximum atomic E-state index is 6.33. The summed E-state index contributed by atoms with van der Waals surface area (Å²) < 4.78 is 1.98. The van der Waals surface area contributed by atoms with E-state index >= 15 is 0 Å². The molecule has 2 heterocycles. The van der Waals surface area contributed by atoms with E-state index in [1.54, 1.807) is 6.33 Å². The van der Waals surface area contributed by atoms with Crippen molar-refractivity contribution in [1.82, 2.24) is 19.9 Å². The van der Waals surface area contributed by atoms with E-state index in [9.17, 15) is 0 Å². The van der Waals surface area contributed by atoms with E-state index in [4.69, 9.17) is 11.6 Å². The lowest BCUT2D eigenvalue weighted by atomic mass is 9.99. The molecule has 0 amide bonds. The molecule has 32 heavy (non-hydrogen) atoms. The molecule has 0 unspecified atom stereocenters. The molecule has 0 spiro atoms. The molecule has 7 heteroatoms. The monoisotopic (exact) mass is 446 g/mol. The molecule has 0 bridgehead atoms. The Labute approximate surface area is 193 Å². The lowest BCUT2D eigenvalue weighted by Crippen LogP contribution is -2.12. The van der Waals surface area contributed by atoms with Gasteiger partial charge in [-0.1, -0.05) is 36.4 Å². The minimum Gasteiger partial charge on any atom is -0.319 e. The molecule has 3 N–H and O–H groups in total. The summed E-state index contributed by atoms with van der Waals surface area (Å²) in [6, 6.07) is 16.2. The van der Waals surface area contributed by atoms with Gasteiger partial charge in [0.1, 0.15) is 6.33 Å². The van der Waals surface area contributed by atoms with Crippen LogP contribution in [0.4, 0.5) is 11.4 Å². The first-order valence-corrected chi connectivity index (χ1v) is 10.9. The van der Waals surface area contributed by atoms with Crippen molar-refractivity contribution in [3.63, 3.8) is 0 Å². The molecular formula is C25H27ClN6. The summed E-state index contributed by atoms with van der Waals surface area (Å²) >= 11 is 6.33. The molecule has 164 valence electrons. The summed E-state index contributed by atoms with van der Waals surface area (Å²) in [6.45, 7) is 9.30. The van der Waals surface area contributed by atoms with Gasteiger partial charge in [0, 0.05) is 24.2 Å². The predicted molar refractivity (Wildman–Crippen MR) is 133 cm³/mol. The van der Waals surface area contributed by atoms with Crippen LogP contribution < -0.4 is 16.2 Å². The zero-order valence-electron chi connectivity index (χ0n) is 18.5. The number of nitrogens with zero attached hydrogens (tertiary/aromatic N) is 3. The molecule has 0 aliphatic rings. The highest BCUT2D eigenvalue weighted by molar-refractivity contribution is 6.33. The van der Waals surface area contributed by atoms with Crippen LogP contribution in [0.5, 0.6) is 0 Å². The van der Waals surface area contributed by atoms with E-state index in [0.717, 1.165) is 63.5 Å². The smallest absolute Gasteiger partial charge is 0.136 e. The Balaban J connectivity index is 1.62. The fourth-order valence-electron chi connectivity index (χ4n) is 3.72. The Hall–Kier alpha value is -3.35. The minimum absolute atomic E-state index is 0.669. The van der Waals surface area contributed by atoms with Crippen LogP contribution in [0.2, 0.25) is 5.02 Å². The second-order valence-electron chi connectivity index (χ2n) is 7.80. The molecule has 6 nitrogen and oxygen atoms in total. The van der Waals surface area contributed by atoms with Crippen molar-refractivity contribution >= 4 is 34.1 Å². The lowest BCUT2D eigenvalue weighted by Gasteiger charge is -2.13. The molecule has 0 atom stereocenters. The van der Waals surface area contributed by atoms with E-state index < -0.39 is 0 Å². The number of anilines is 2. The van der Waals surface area contributed by atoms with Gasteiger partial charge in [-0.05, 0) is 67.9 Å². The van der Waals surface area contributed by atoms with Crippen LogP contribution >= 0.6 is 11.6 Å². The number of hydrogen-bond acceptors (Lipinski definition) is 5. The number of benzene rings is 2. The van der Waals surface area contributed by atoms with E-state index in [1.165, 1.54) is 0 Å². The molecule has 0 radical (unpaired) electrons. The Morgan fingerprint density at radius 1 is 1.09 bits per heavy atom. The summed E-state index contributed by atoms with van der Waals surface area (Å²) in [4.78, 5) is 4.41. The van der Waals surface area contributed by atoms with Gasteiger partial charge in [-0.15, -0.1) is 0 Å². The number of hydrazine groups is 1. The number of rotatable bonds is 8. The van der Waals surface area contributed by atoms with Gasteiger partial charge in [-0.3, -0.25) is 5.43 Å². The van der Waals surface area contributed by atoms with Crippen LogP contribution in [0, 0.1) is 13.8 Å². The molecule has 2 aromatic carbocycles. The Morgan fingerprint density at radius 2 is 1.94 bits per heavy atom. The van der Waals surface area contributed by atoms with Gasteiger partial charge in [0.15, 0.2) is 0 Å². The first-order chi connectivity index (χ1) is 15.5. The van der Waals surface area contributed by atoms with Gasteiger partial charge < -0.3 is 10.7 Å². The topological polar surface area (TPSA) is 66.3 Å². The third-order valence-corrected chi connectivity index (χ3v) is 5.76. The van der Waals surface area contributed by atoms with Crippen LogP contribution in [-0.2, 0) is 6.42 Å². The SMILES string of the molecule is C=C(c1cccc(NNc2ccc(C)cc2Cl)c1)c1cc(CCNC)n2ncnc(C)c12. The summed E-state index contributed by atoms with van der Waals surface area (Å²) in [5.74, 6) is 0. The maximum Gasteiger partial charge on any atom is 0.136 e. The van der Waals surface area contributed by atoms with Crippen LogP contribution in [0.15, 0.2) is 61.4 Å². The molecule has 0 aliphatic heterocycles. The van der Waals surface area contributed by atoms with E-state index in [-0.39, 0.29) is 0 Å². The normalized spacial score (nSPS) is 11.0. The van der Waals surface area contributed by atoms with Crippen molar-refractivity contribution in [3.05, 3.63) is 94.5 Å². The van der Waals surface area contributed by atoms with Crippen LogP contribution in [0.3, 0.4) is 0 Å². The number of fused-ring (bicyclic) bond motifs is 1. The minimum atomic E-state index is 0.669. The predicted octanol–water partition coefficient (Wildman–Crippen LogP) is 5.26. The zero-order valence-corrected chi connectivity index (χ0v) is 19.3. The second kappa shape index (κ2) is 9.42. The molecular weight excluding hydrogens is 420 g/mol. The average Bonchev–Trinajstić information content (AvgIpc) is 3.16.